The van der Waals surface area contributed by atoms with Crippen LogP contribution >= 0.6 is 11.3 Å². The third-order valence-electron chi connectivity index (χ3n) is 1.55. The maximum atomic E-state index is 11.7. The molecule has 1 aromatic rings. The molecule has 1 aromatic heterocycles. The molecule has 0 amide bonds. The maximum Gasteiger partial charge on any atom is 0.144 e. The minimum atomic E-state index is -1.20. The molecule has 1 atom stereocenters. The highest BCUT2D eigenvalue weighted by molar-refractivity contribution is 7.91. The lowest BCUT2D eigenvalue weighted by atomic mass is 10.3. The molecule has 14 heavy (non-hydrogen) atoms. The van der Waals surface area contributed by atoms with E-state index in [4.69, 9.17) is 0 Å². The number of thiazole rings is 1. The van der Waals surface area contributed by atoms with Gasteiger partial charge in [-0.05, 0) is 27.7 Å². The van der Waals surface area contributed by atoms with Crippen LogP contribution < -0.4 is 0 Å². The molecule has 0 aromatic carbocycles. The second kappa shape index (κ2) is 4.42. The first-order valence-electron chi connectivity index (χ1n) is 4.27. The lowest BCUT2D eigenvalue weighted by molar-refractivity contribution is 0.561. The molecule has 0 spiro atoms. The van der Waals surface area contributed by atoms with Crippen LogP contribution in [0.1, 0.15) is 33.4 Å². The van der Waals surface area contributed by atoms with Gasteiger partial charge in [-0.15, -0.1) is 11.3 Å². The Hall–Kier alpha value is -0.390. The molecule has 0 N–H and O–H groups in total. The lowest BCUT2D eigenvalue weighted by Gasteiger charge is -2.18. The molecule has 0 radical (unpaired) electrons. The summed E-state index contributed by atoms with van der Waals surface area (Å²) in [5.74, 6) is 0. The van der Waals surface area contributed by atoms with Gasteiger partial charge in [-0.2, -0.15) is 0 Å². The second-order valence-corrected chi connectivity index (χ2v) is 6.54. The van der Waals surface area contributed by atoms with E-state index in [9.17, 15) is 4.55 Å². The first-order chi connectivity index (χ1) is 6.41. The van der Waals surface area contributed by atoms with Crippen molar-refractivity contribution in [2.24, 2.45) is 4.40 Å². The SMILES string of the molecule is C/C(=N\[S@@+]([O-])C(C)(C)C)c1cscn1. The van der Waals surface area contributed by atoms with E-state index < -0.39 is 11.4 Å². The Morgan fingerprint density at radius 1 is 1.57 bits per heavy atom. The van der Waals surface area contributed by atoms with Crippen LogP contribution in [0.3, 0.4) is 0 Å². The summed E-state index contributed by atoms with van der Waals surface area (Å²) in [6, 6.07) is 0. The molecule has 0 aliphatic heterocycles. The fourth-order valence-electron chi connectivity index (χ4n) is 0.699. The molecule has 5 heteroatoms. The van der Waals surface area contributed by atoms with E-state index in [-0.39, 0.29) is 4.75 Å². The monoisotopic (exact) mass is 230 g/mol. The molecular weight excluding hydrogens is 216 g/mol. The third kappa shape index (κ3) is 3.08. The van der Waals surface area contributed by atoms with Gasteiger partial charge in [0.05, 0.1) is 11.2 Å². The summed E-state index contributed by atoms with van der Waals surface area (Å²) in [5, 5.41) is 1.90. The van der Waals surface area contributed by atoms with E-state index in [0.29, 0.717) is 0 Å². The van der Waals surface area contributed by atoms with Crippen molar-refractivity contribution in [3.05, 3.63) is 16.6 Å². The highest BCUT2D eigenvalue weighted by Crippen LogP contribution is 2.18. The number of rotatable bonds is 2. The third-order valence-corrected chi connectivity index (χ3v) is 3.62. The van der Waals surface area contributed by atoms with E-state index >= 15 is 0 Å². The van der Waals surface area contributed by atoms with E-state index in [1.807, 2.05) is 33.1 Å². The summed E-state index contributed by atoms with van der Waals surface area (Å²) in [7, 11) is 0. The molecule has 3 nitrogen and oxygen atoms in total. The number of hydrogen-bond acceptors (Lipinski definition) is 4. The highest BCUT2D eigenvalue weighted by Gasteiger charge is 2.26. The highest BCUT2D eigenvalue weighted by atomic mass is 32.2. The first kappa shape index (κ1) is 11.7. The summed E-state index contributed by atoms with van der Waals surface area (Å²) in [6.45, 7) is 7.54. The quantitative estimate of drug-likeness (QED) is 0.578. The van der Waals surface area contributed by atoms with Gasteiger partial charge in [0, 0.05) is 5.38 Å². The molecule has 0 fully saturated rings. The Bertz CT molecular complexity index is 314. The van der Waals surface area contributed by atoms with Crippen molar-refractivity contribution in [2.75, 3.05) is 0 Å². The normalized spacial score (nSPS) is 15.6. The Morgan fingerprint density at radius 3 is 2.64 bits per heavy atom. The van der Waals surface area contributed by atoms with Gasteiger partial charge in [0.15, 0.2) is 0 Å². The average Bonchev–Trinajstić information content (AvgIpc) is 2.53. The molecule has 0 aliphatic carbocycles. The van der Waals surface area contributed by atoms with Crippen molar-refractivity contribution in [3.8, 4) is 0 Å². The molecular formula is C9H14N2OS2. The smallest absolute Gasteiger partial charge is 0.144 e. The fourth-order valence-corrected chi connectivity index (χ4v) is 1.91. The summed E-state index contributed by atoms with van der Waals surface area (Å²) in [4.78, 5) is 4.10. The van der Waals surface area contributed by atoms with Gasteiger partial charge in [0.1, 0.15) is 21.8 Å². The van der Waals surface area contributed by atoms with Gasteiger partial charge >= 0.3 is 0 Å². The van der Waals surface area contributed by atoms with Gasteiger partial charge in [-0.25, -0.2) is 4.98 Å². The minimum Gasteiger partial charge on any atom is -0.591 e. The maximum absolute atomic E-state index is 11.7. The number of nitrogens with zero attached hydrogens (tertiary/aromatic N) is 2. The van der Waals surface area contributed by atoms with Crippen molar-refractivity contribution < 1.29 is 4.55 Å². The molecule has 0 aliphatic rings. The molecule has 1 rings (SSSR count). The van der Waals surface area contributed by atoms with Crippen LogP contribution in [0, 0.1) is 0 Å². The van der Waals surface area contributed by atoms with Crippen LogP contribution in [0.5, 0.6) is 0 Å². The van der Waals surface area contributed by atoms with Crippen molar-refractivity contribution in [3.63, 3.8) is 0 Å². The first-order valence-corrected chi connectivity index (χ1v) is 6.32. The number of hydrogen-bond donors (Lipinski definition) is 0. The predicted octanol–water partition coefficient (Wildman–Crippen LogP) is 2.41. The average molecular weight is 230 g/mol. The number of aromatic nitrogens is 1. The predicted molar refractivity (Wildman–Crippen MR) is 62.2 cm³/mol. The Morgan fingerprint density at radius 2 is 2.21 bits per heavy atom. The van der Waals surface area contributed by atoms with Crippen LogP contribution in [0.25, 0.3) is 0 Å². The van der Waals surface area contributed by atoms with Crippen molar-refractivity contribution in [2.45, 2.75) is 32.4 Å². The van der Waals surface area contributed by atoms with Gasteiger partial charge in [-0.1, -0.05) is 4.40 Å². The molecule has 0 saturated carbocycles. The lowest BCUT2D eigenvalue weighted by Crippen LogP contribution is -2.26. The van der Waals surface area contributed by atoms with E-state index in [1.165, 1.54) is 11.3 Å². The van der Waals surface area contributed by atoms with E-state index in [1.54, 1.807) is 5.51 Å². The molecule has 78 valence electrons. The van der Waals surface area contributed by atoms with Crippen molar-refractivity contribution >= 4 is 28.4 Å². The molecule has 0 bridgehead atoms. The van der Waals surface area contributed by atoms with Crippen molar-refractivity contribution in [1.82, 2.24) is 4.98 Å². The van der Waals surface area contributed by atoms with Gasteiger partial charge in [-0.3, -0.25) is 0 Å². The Balaban J connectivity index is 2.79. The summed E-state index contributed by atoms with van der Waals surface area (Å²) in [5.41, 5.74) is 3.29. The van der Waals surface area contributed by atoms with Crippen LogP contribution in [0.15, 0.2) is 15.3 Å². The molecule has 1 heterocycles. The second-order valence-electron chi connectivity index (χ2n) is 3.91. The van der Waals surface area contributed by atoms with Gasteiger partial charge in [0.25, 0.3) is 0 Å². The van der Waals surface area contributed by atoms with Crippen LogP contribution in [0.4, 0.5) is 0 Å². The summed E-state index contributed by atoms with van der Waals surface area (Å²) in [6.07, 6.45) is 0. The minimum absolute atomic E-state index is 0.308. The zero-order chi connectivity index (χ0) is 10.8. The van der Waals surface area contributed by atoms with Gasteiger partial charge < -0.3 is 4.55 Å². The summed E-state index contributed by atoms with van der Waals surface area (Å²) < 4.78 is 15.5. The van der Waals surface area contributed by atoms with Crippen LogP contribution in [-0.2, 0) is 11.4 Å². The molecule has 0 unspecified atom stereocenters. The van der Waals surface area contributed by atoms with Crippen molar-refractivity contribution in [1.29, 1.82) is 0 Å². The van der Waals surface area contributed by atoms with Crippen LogP contribution in [0.2, 0.25) is 0 Å². The largest absolute Gasteiger partial charge is 0.591 e. The Kier molecular flexibility index (Phi) is 3.69. The van der Waals surface area contributed by atoms with E-state index in [0.717, 1.165) is 11.4 Å². The van der Waals surface area contributed by atoms with Crippen LogP contribution in [-0.4, -0.2) is 20.0 Å². The zero-order valence-electron chi connectivity index (χ0n) is 8.77. The summed E-state index contributed by atoms with van der Waals surface area (Å²) >= 11 is 0.312. The Labute approximate surface area is 91.6 Å². The molecule has 0 saturated heterocycles. The van der Waals surface area contributed by atoms with E-state index in [2.05, 4.69) is 9.38 Å². The van der Waals surface area contributed by atoms with Gasteiger partial charge in [0.2, 0.25) is 0 Å². The topological polar surface area (TPSA) is 48.3 Å². The zero-order valence-corrected chi connectivity index (χ0v) is 10.4. The standard InChI is InChI=1S/C9H14N2OS2/c1-7(8-5-13-6-10-8)11-14(12)9(2,3)4/h5-6H,1-4H3/b11-7+/t14-/m0/s1. The fraction of sp³-hybridized carbons (Fsp3) is 0.556.